The van der Waals surface area contributed by atoms with Gasteiger partial charge in [-0.2, -0.15) is 0 Å². The van der Waals surface area contributed by atoms with E-state index in [-0.39, 0.29) is 11.8 Å². The number of hydrogen-bond donors (Lipinski definition) is 1. The lowest BCUT2D eigenvalue weighted by molar-refractivity contribution is -0.122. The number of fused-ring (bicyclic) bond motifs is 1. The Bertz CT molecular complexity index is 593. The Kier molecular flexibility index (Phi) is 7.00. The predicted molar refractivity (Wildman–Crippen MR) is 101 cm³/mol. The lowest BCUT2D eigenvalue weighted by Crippen LogP contribution is -2.44. The second kappa shape index (κ2) is 9.67. The number of amides is 2. The maximum Gasteiger partial charge on any atom is 0.272 e. The summed E-state index contributed by atoms with van der Waals surface area (Å²) in [5.74, 6) is 0.183. The first-order valence-electron chi connectivity index (χ1n) is 9.95. The third-order valence-corrected chi connectivity index (χ3v) is 5.39. The van der Waals surface area contributed by atoms with E-state index >= 15 is 0 Å². The molecule has 3 heterocycles. The van der Waals surface area contributed by atoms with Crippen molar-refractivity contribution in [2.24, 2.45) is 0 Å². The molecule has 0 spiro atoms. The van der Waals surface area contributed by atoms with Crippen LogP contribution in [0.1, 0.15) is 55.4 Å². The third-order valence-electron chi connectivity index (χ3n) is 5.39. The number of piperidine rings is 1. The van der Waals surface area contributed by atoms with Crippen molar-refractivity contribution in [3.63, 3.8) is 0 Å². The lowest BCUT2D eigenvalue weighted by atomic mass is 9.98. The fourth-order valence-electron chi connectivity index (χ4n) is 3.96. The van der Waals surface area contributed by atoms with Gasteiger partial charge in [-0.15, -0.1) is 0 Å². The van der Waals surface area contributed by atoms with Crippen LogP contribution >= 0.6 is 0 Å². The number of carbonyl (C=O) groups is 2. The van der Waals surface area contributed by atoms with Crippen LogP contribution in [0.4, 0.5) is 0 Å². The summed E-state index contributed by atoms with van der Waals surface area (Å²) in [6.07, 6.45) is 8.52. The zero-order valence-corrected chi connectivity index (χ0v) is 15.5. The highest BCUT2D eigenvalue weighted by atomic mass is 16.2. The average molecular weight is 358 g/mol. The van der Waals surface area contributed by atoms with Crippen LogP contribution in [0.25, 0.3) is 0 Å². The van der Waals surface area contributed by atoms with Crippen LogP contribution < -0.4 is 5.32 Å². The van der Waals surface area contributed by atoms with Gasteiger partial charge in [0.25, 0.3) is 5.91 Å². The van der Waals surface area contributed by atoms with Gasteiger partial charge in [0.1, 0.15) is 5.69 Å². The molecule has 142 valence electrons. The molecule has 2 aliphatic heterocycles. The third kappa shape index (κ3) is 5.27. The second-order valence-electron chi connectivity index (χ2n) is 7.31. The molecule has 2 amide bonds. The first-order chi connectivity index (χ1) is 12.7. The molecule has 2 aliphatic rings. The Balaban J connectivity index is 1.65. The summed E-state index contributed by atoms with van der Waals surface area (Å²) in [5.41, 5.74) is 0.515. The number of hydrogen-bond acceptors (Lipinski definition) is 4. The minimum Gasteiger partial charge on any atom is -0.356 e. The summed E-state index contributed by atoms with van der Waals surface area (Å²) >= 11 is 0. The van der Waals surface area contributed by atoms with Gasteiger partial charge in [0, 0.05) is 44.8 Å². The van der Waals surface area contributed by atoms with Gasteiger partial charge < -0.3 is 10.2 Å². The van der Waals surface area contributed by atoms with E-state index in [0.717, 1.165) is 45.3 Å². The Morgan fingerprint density at radius 3 is 2.69 bits per heavy atom. The number of nitrogens with zero attached hydrogens (tertiary/aromatic N) is 3. The molecule has 0 bridgehead atoms. The molecule has 2 saturated heterocycles. The average Bonchev–Trinajstić information content (AvgIpc) is 2.68. The maximum atomic E-state index is 12.8. The van der Waals surface area contributed by atoms with Crippen molar-refractivity contribution < 1.29 is 9.59 Å². The topological polar surface area (TPSA) is 65.5 Å². The fraction of sp³-hybridized carbons (Fsp3) is 0.650. The number of aromatic nitrogens is 1. The van der Waals surface area contributed by atoms with Crippen LogP contribution in [0.15, 0.2) is 24.4 Å². The zero-order valence-electron chi connectivity index (χ0n) is 15.5. The van der Waals surface area contributed by atoms with Crippen molar-refractivity contribution in [1.82, 2.24) is 20.1 Å². The van der Waals surface area contributed by atoms with Crippen molar-refractivity contribution in [3.05, 3.63) is 30.1 Å². The molecule has 1 aromatic rings. The van der Waals surface area contributed by atoms with Crippen LogP contribution in [-0.2, 0) is 4.79 Å². The number of nitrogens with one attached hydrogen (secondary N) is 1. The SMILES string of the molecule is O=C1CC2CCCCN2CCCN(C(=O)c2ccccn2)CCCCN1. The van der Waals surface area contributed by atoms with Crippen molar-refractivity contribution in [1.29, 1.82) is 0 Å². The van der Waals surface area contributed by atoms with Gasteiger partial charge >= 0.3 is 0 Å². The van der Waals surface area contributed by atoms with E-state index in [1.807, 2.05) is 17.0 Å². The van der Waals surface area contributed by atoms with Gasteiger partial charge in [0.2, 0.25) is 5.91 Å². The van der Waals surface area contributed by atoms with Crippen LogP contribution in [0, 0.1) is 0 Å². The minimum atomic E-state index is 0.0136. The van der Waals surface area contributed by atoms with Gasteiger partial charge in [-0.25, -0.2) is 0 Å². The highest BCUT2D eigenvalue weighted by Crippen LogP contribution is 2.20. The molecule has 1 aromatic heterocycles. The summed E-state index contributed by atoms with van der Waals surface area (Å²) in [6.45, 7) is 4.17. The molecule has 1 atom stereocenters. The monoisotopic (exact) mass is 358 g/mol. The molecular weight excluding hydrogens is 328 g/mol. The molecule has 3 rings (SSSR count). The fourth-order valence-corrected chi connectivity index (χ4v) is 3.96. The summed E-state index contributed by atoms with van der Waals surface area (Å²) < 4.78 is 0. The molecule has 1 unspecified atom stereocenters. The largest absolute Gasteiger partial charge is 0.356 e. The first kappa shape index (κ1) is 18.8. The molecule has 1 N–H and O–H groups in total. The molecule has 0 aliphatic carbocycles. The van der Waals surface area contributed by atoms with E-state index in [1.54, 1.807) is 12.3 Å². The summed E-state index contributed by atoms with van der Waals surface area (Å²) in [5, 5.41) is 3.05. The van der Waals surface area contributed by atoms with Crippen LogP contribution in [0.2, 0.25) is 0 Å². The van der Waals surface area contributed by atoms with E-state index in [4.69, 9.17) is 0 Å². The molecule has 0 radical (unpaired) electrons. The zero-order chi connectivity index (χ0) is 18.2. The molecule has 6 heteroatoms. The molecule has 0 saturated carbocycles. The van der Waals surface area contributed by atoms with Crippen molar-refractivity contribution in [2.75, 3.05) is 32.7 Å². The highest BCUT2D eigenvalue weighted by Gasteiger charge is 2.25. The van der Waals surface area contributed by atoms with Crippen LogP contribution in [0.5, 0.6) is 0 Å². The smallest absolute Gasteiger partial charge is 0.272 e. The minimum absolute atomic E-state index is 0.0136. The lowest BCUT2D eigenvalue weighted by Gasteiger charge is -2.35. The van der Waals surface area contributed by atoms with Crippen molar-refractivity contribution in [3.8, 4) is 0 Å². The maximum absolute atomic E-state index is 12.8. The predicted octanol–water partition coefficient (Wildman–Crippen LogP) is 2.07. The van der Waals surface area contributed by atoms with E-state index in [9.17, 15) is 9.59 Å². The molecule has 6 nitrogen and oxygen atoms in total. The van der Waals surface area contributed by atoms with Gasteiger partial charge in [-0.1, -0.05) is 12.5 Å². The van der Waals surface area contributed by atoms with Gasteiger partial charge in [-0.05, 0) is 50.8 Å². The van der Waals surface area contributed by atoms with Gasteiger partial charge in [0.05, 0.1) is 0 Å². The Hall–Kier alpha value is -1.95. The number of carbonyl (C=O) groups excluding carboxylic acids is 2. The molecule has 2 fully saturated rings. The summed E-state index contributed by atoms with van der Waals surface area (Å²) in [7, 11) is 0. The number of pyridine rings is 1. The summed E-state index contributed by atoms with van der Waals surface area (Å²) in [4.78, 5) is 33.6. The van der Waals surface area contributed by atoms with Crippen molar-refractivity contribution in [2.45, 2.75) is 51.0 Å². The van der Waals surface area contributed by atoms with E-state index in [0.29, 0.717) is 31.2 Å². The quantitative estimate of drug-likeness (QED) is 0.835. The second-order valence-corrected chi connectivity index (χ2v) is 7.31. The van der Waals surface area contributed by atoms with Gasteiger partial charge in [-0.3, -0.25) is 19.5 Å². The Labute approximate surface area is 156 Å². The Morgan fingerprint density at radius 2 is 1.85 bits per heavy atom. The van der Waals surface area contributed by atoms with E-state index < -0.39 is 0 Å². The van der Waals surface area contributed by atoms with Crippen LogP contribution in [0.3, 0.4) is 0 Å². The molecule has 26 heavy (non-hydrogen) atoms. The molecular formula is C20H30N4O2. The van der Waals surface area contributed by atoms with Crippen molar-refractivity contribution >= 4 is 11.8 Å². The van der Waals surface area contributed by atoms with Gasteiger partial charge in [0.15, 0.2) is 0 Å². The normalized spacial score (nSPS) is 23.8. The van der Waals surface area contributed by atoms with E-state index in [2.05, 4.69) is 15.2 Å². The standard InChI is InChI=1S/C20H30N4O2/c25-19-16-17-8-2-5-12-23(17)14-7-15-24(13-6-4-11-22-19)20(26)18-9-1-3-10-21-18/h1,3,9-10,17H,2,4-8,11-16H2,(H,22,25). The van der Waals surface area contributed by atoms with Crippen LogP contribution in [-0.4, -0.2) is 65.4 Å². The highest BCUT2D eigenvalue weighted by molar-refractivity contribution is 5.92. The summed E-state index contributed by atoms with van der Waals surface area (Å²) in [6, 6.07) is 5.82. The Morgan fingerprint density at radius 1 is 1.04 bits per heavy atom. The van der Waals surface area contributed by atoms with E-state index in [1.165, 1.54) is 12.8 Å². The number of rotatable bonds is 1. The first-order valence-corrected chi connectivity index (χ1v) is 9.95. The molecule has 0 aromatic carbocycles.